The van der Waals surface area contributed by atoms with E-state index in [0.29, 0.717) is 22.8 Å². The average molecular weight is 510 g/mol. The van der Waals surface area contributed by atoms with E-state index in [2.05, 4.69) is 43.2 Å². The van der Waals surface area contributed by atoms with Gasteiger partial charge in [-0.2, -0.15) is 0 Å². The van der Waals surface area contributed by atoms with Gasteiger partial charge in [0.25, 0.3) is 0 Å². The van der Waals surface area contributed by atoms with Crippen molar-refractivity contribution >= 4 is 17.5 Å². The molecule has 3 unspecified atom stereocenters. The molecular weight excluding hydrogens is 458 g/mol. The molecule has 4 rings (SSSR count). The van der Waals surface area contributed by atoms with Gasteiger partial charge in [-0.1, -0.05) is 40.5 Å². The maximum Gasteiger partial charge on any atom is 0.224 e. The molecule has 2 N–H and O–H groups in total. The molecule has 0 aromatic heterocycles. The molecular formula is C29H52ClN3O2. The Balaban J connectivity index is 1.23. The number of nitrogens with zero attached hydrogens (tertiary/aromatic N) is 1. The maximum atomic E-state index is 13.2. The van der Waals surface area contributed by atoms with Crippen LogP contribution in [0.5, 0.6) is 0 Å². The van der Waals surface area contributed by atoms with Gasteiger partial charge in [-0.15, -0.1) is 11.6 Å². The lowest BCUT2D eigenvalue weighted by Gasteiger charge is -2.49. The van der Waals surface area contributed by atoms with Gasteiger partial charge in [0.05, 0.1) is 12.0 Å². The minimum atomic E-state index is 0.0546. The third kappa shape index (κ3) is 7.58. The first kappa shape index (κ1) is 27.7. The molecule has 0 radical (unpaired) electrons. The van der Waals surface area contributed by atoms with Crippen molar-refractivity contribution in [3.63, 3.8) is 0 Å². The SMILES string of the molecule is CC(C)[C@H](CN1CCC(C2CCC(Cl)CC2)C(C)(C)C1)NC(=O)C1CCC(OC2CCCC2)NC1. The summed E-state index contributed by atoms with van der Waals surface area (Å²) in [6.45, 7) is 13.4. The Labute approximate surface area is 219 Å². The van der Waals surface area contributed by atoms with Crippen LogP contribution in [0.25, 0.3) is 0 Å². The van der Waals surface area contributed by atoms with Crippen LogP contribution < -0.4 is 10.6 Å². The number of amides is 1. The molecule has 2 saturated carbocycles. The number of ether oxygens (including phenoxy) is 1. The molecule has 2 aliphatic carbocycles. The number of carbonyl (C=O) groups is 1. The predicted octanol–water partition coefficient (Wildman–Crippen LogP) is 5.56. The minimum absolute atomic E-state index is 0.0546. The molecule has 4 fully saturated rings. The van der Waals surface area contributed by atoms with E-state index in [0.717, 1.165) is 50.9 Å². The van der Waals surface area contributed by atoms with Crippen molar-refractivity contribution in [1.82, 2.24) is 15.5 Å². The molecule has 35 heavy (non-hydrogen) atoms. The van der Waals surface area contributed by atoms with E-state index in [-0.39, 0.29) is 24.1 Å². The van der Waals surface area contributed by atoms with Crippen molar-refractivity contribution in [1.29, 1.82) is 0 Å². The van der Waals surface area contributed by atoms with E-state index in [1.807, 2.05) is 0 Å². The molecule has 4 aliphatic rings. The second-order valence-electron chi connectivity index (χ2n) is 13.2. The number of nitrogens with one attached hydrogen (secondary N) is 2. The standard InChI is InChI=1S/C29H52ClN3O2/c1-20(2)26(32-28(34)22-11-14-27(31-17-22)35-24-7-5-6-8-24)18-33-16-15-25(29(3,4)19-33)21-9-12-23(30)13-10-21/h20-27,31H,5-19H2,1-4H3,(H,32,34)/t21?,22?,23?,25?,26-,27?/m0/s1. The summed E-state index contributed by atoms with van der Waals surface area (Å²) in [6.07, 6.45) is 13.6. The van der Waals surface area contributed by atoms with E-state index in [1.165, 1.54) is 57.8 Å². The highest BCUT2D eigenvalue weighted by Gasteiger charge is 2.41. The lowest BCUT2D eigenvalue weighted by atomic mass is 9.64. The zero-order valence-corrected chi connectivity index (χ0v) is 23.6. The molecule has 6 heteroatoms. The molecule has 2 heterocycles. The number of alkyl halides is 1. The predicted molar refractivity (Wildman–Crippen MR) is 145 cm³/mol. The number of rotatable bonds is 8. The van der Waals surface area contributed by atoms with Crippen LogP contribution in [0, 0.1) is 29.1 Å². The third-order valence-corrected chi connectivity index (χ3v) is 10.1. The minimum Gasteiger partial charge on any atom is -0.360 e. The fourth-order valence-corrected chi connectivity index (χ4v) is 7.68. The molecule has 0 bridgehead atoms. The molecule has 2 saturated heterocycles. The van der Waals surface area contributed by atoms with E-state index < -0.39 is 0 Å². The molecule has 0 aromatic carbocycles. The van der Waals surface area contributed by atoms with Gasteiger partial charge in [0, 0.05) is 31.1 Å². The van der Waals surface area contributed by atoms with E-state index in [4.69, 9.17) is 16.3 Å². The number of hydrogen-bond acceptors (Lipinski definition) is 4. The summed E-state index contributed by atoms with van der Waals surface area (Å²) in [4.78, 5) is 15.8. The van der Waals surface area contributed by atoms with Crippen molar-refractivity contribution < 1.29 is 9.53 Å². The Bertz CT molecular complexity index is 665. The third-order valence-electron chi connectivity index (χ3n) is 9.65. The Morgan fingerprint density at radius 2 is 1.77 bits per heavy atom. The highest BCUT2D eigenvalue weighted by molar-refractivity contribution is 6.20. The van der Waals surface area contributed by atoms with Crippen molar-refractivity contribution in [3.8, 4) is 0 Å². The number of likely N-dealkylation sites (tertiary alicyclic amines) is 1. The van der Waals surface area contributed by atoms with Crippen LogP contribution in [0.3, 0.4) is 0 Å². The van der Waals surface area contributed by atoms with E-state index in [1.54, 1.807) is 0 Å². The zero-order valence-electron chi connectivity index (χ0n) is 22.9. The summed E-state index contributed by atoms with van der Waals surface area (Å²) in [5, 5.41) is 7.36. The van der Waals surface area contributed by atoms with Gasteiger partial charge in [0.2, 0.25) is 5.91 Å². The molecule has 2 aliphatic heterocycles. The average Bonchev–Trinajstić information content (AvgIpc) is 3.32. The lowest BCUT2D eigenvalue weighted by molar-refractivity contribution is -0.128. The topological polar surface area (TPSA) is 53.6 Å². The number of halogens is 1. The Morgan fingerprint density at radius 1 is 1.06 bits per heavy atom. The normalized spacial score (nSPS) is 35.8. The van der Waals surface area contributed by atoms with Gasteiger partial charge in [-0.05, 0) is 87.5 Å². The molecule has 5 nitrogen and oxygen atoms in total. The van der Waals surface area contributed by atoms with Gasteiger partial charge in [-0.25, -0.2) is 0 Å². The van der Waals surface area contributed by atoms with Crippen LogP contribution in [0.15, 0.2) is 0 Å². The quantitative estimate of drug-likeness (QED) is 0.421. The van der Waals surface area contributed by atoms with Crippen LogP contribution >= 0.6 is 11.6 Å². The van der Waals surface area contributed by atoms with Gasteiger partial charge in [0.15, 0.2) is 0 Å². The second-order valence-corrected chi connectivity index (χ2v) is 13.8. The Hall–Kier alpha value is -0.360. The summed E-state index contributed by atoms with van der Waals surface area (Å²) in [5.41, 5.74) is 0.315. The van der Waals surface area contributed by atoms with Crippen molar-refractivity contribution in [2.45, 2.75) is 122 Å². The van der Waals surface area contributed by atoms with Crippen LogP contribution in [0.2, 0.25) is 0 Å². The fraction of sp³-hybridized carbons (Fsp3) is 0.966. The highest BCUT2D eigenvalue weighted by atomic mass is 35.5. The van der Waals surface area contributed by atoms with Crippen molar-refractivity contribution in [3.05, 3.63) is 0 Å². The smallest absolute Gasteiger partial charge is 0.224 e. The second kappa shape index (κ2) is 12.5. The Morgan fingerprint density at radius 3 is 2.37 bits per heavy atom. The van der Waals surface area contributed by atoms with Crippen LogP contribution in [-0.4, -0.2) is 60.7 Å². The summed E-state index contributed by atoms with van der Waals surface area (Å²) in [6, 6.07) is 0.203. The highest BCUT2D eigenvalue weighted by Crippen LogP contribution is 2.45. The molecule has 4 atom stereocenters. The number of hydrogen-bond donors (Lipinski definition) is 2. The largest absolute Gasteiger partial charge is 0.360 e. The first-order chi connectivity index (χ1) is 16.7. The van der Waals surface area contributed by atoms with E-state index >= 15 is 0 Å². The van der Waals surface area contributed by atoms with Gasteiger partial charge < -0.3 is 15.0 Å². The fourth-order valence-electron chi connectivity index (χ4n) is 7.42. The van der Waals surface area contributed by atoms with Crippen LogP contribution in [0.4, 0.5) is 0 Å². The first-order valence-corrected chi connectivity index (χ1v) is 15.2. The number of carbonyl (C=O) groups excluding carboxylic acids is 1. The molecule has 202 valence electrons. The molecule has 0 spiro atoms. The van der Waals surface area contributed by atoms with Gasteiger partial charge in [0.1, 0.15) is 6.23 Å². The maximum absolute atomic E-state index is 13.2. The van der Waals surface area contributed by atoms with Crippen LogP contribution in [0.1, 0.15) is 98.3 Å². The lowest BCUT2D eigenvalue weighted by Crippen LogP contribution is -2.55. The Kier molecular flexibility index (Phi) is 9.85. The molecule has 1 amide bonds. The summed E-state index contributed by atoms with van der Waals surface area (Å²) in [7, 11) is 0. The summed E-state index contributed by atoms with van der Waals surface area (Å²) < 4.78 is 6.22. The van der Waals surface area contributed by atoms with Crippen molar-refractivity contribution in [2.24, 2.45) is 29.1 Å². The summed E-state index contributed by atoms with van der Waals surface area (Å²) >= 11 is 6.39. The zero-order chi connectivity index (χ0) is 25.0. The monoisotopic (exact) mass is 509 g/mol. The van der Waals surface area contributed by atoms with Gasteiger partial charge >= 0.3 is 0 Å². The van der Waals surface area contributed by atoms with Crippen LogP contribution in [-0.2, 0) is 9.53 Å². The first-order valence-electron chi connectivity index (χ1n) is 14.8. The molecule has 0 aromatic rings. The number of piperidine rings is 2. The van der Waals surface area contributed by atoms with Crippen molar-refractivity contribution in [2.75, 3.05) is 26.2 Å². The van der Waals surface area contributed by atoms with E-state index in [9.17, 15) is 4.79 Å². The summed E-state index contributed by atoms with van der Waals surface area (Å²) in [5.74, 6) is 2.33. The van der Waals surface area contributed by atoms with Gasteiger partial charge in [-0.3, -0.25) is 10.1 Å².